The van der Waals surface area contributed by atoms with Gasteiger partial charge < -0.3 is 19.9 Å². The molecule has 7 nitrogen and oxygen atoms in total. The number of rotatable bonds is 9. The maximum atomic E-state index is 12.4. The number of likely N-dealkylation sites (tertiary alicyclic amines) is 1. The minimum absolute atomic E-state index is 0.0855. The number of para-hydroxylation sites is 2. The van der Waals surface area contributed by atoms with Gasteiger partial charge >= 0.3 is 0 Å². The van der Waals surface area contributed by atoms with Crippen LogP contribution in [-0.2, 0) is 4.79 Å². The molecule has 1 amide bonds. The third-order valence-electron chi connectivity index (χ3n) is 5.35. The van der Waals surface area contributed by atoms with Gasteiger partial charge in [-0.25, -0.2) is 0 Å². The van der Waals surface area contributed by atoms with Gasteiger partial charge in [0.25, 0.3) is 5.91 Å². The van der Waals surface area contributed by atoms with Gasteiger partial charge in [-0.3, -0.25) is 15.0 Å². The molecule has 2 aliphatic rings. The molecule has 0 aliphatic carbocycles. The molecule has 2 aromatic rings. The smallest absolute Gasteiger partial charge is 0.251 e. The van der Waals surface area contributed by atoms with Gasteiger partial charge in [-0.1, -0.05) is 23.7 Å². The fourth-order valence-electron chi connectivity index (χ4n) is 3.79. The van der Waals surface area contributed by atoms with Crippen molar-refractivity contribution in [2.45, 2.75) is 24.0 Å². The summed E-state index contributed by atoms with van der Waals surface area (Å²) in [4.78, 5) is 14.6. The standard InChI is InChI=1S/C23H28ClN3O4S/c24-16-5-7-18(8-6-16)31-19-9-11-27(14-19)13-17(28)15-30-21-4-2-1-3-20(21)26-22(29)23-25-10-12-32-23/h1-8,17,19,23,25,28H,9-15H2,(H,26,29). The number of carbonyl (C=O) groups excluding carboxylic acids is 1. The number of nitrogens with zero attached hydrogens (tertiary/aromatic N) is 1. The summed E-state index contributed by atoms with van der Waals surface area (Å²) in [5.74, 6) is 2.18. The second-order valence-corrected chi connectivity index (χ2v) is 9.55. The van der Waals surface area contributed by atoms with E-state index in [1.54, 1.807) is 23.9 Å². The third-order valence-corrected chi connectivity index (χ3v) is 6.75. The van der Waals surface area contributed by atoms with Crippen molar-refractivity contribution >= 4 is 35.0 Å². The van der Waals surface area contributed by atoms with E-state index in [4.69, 9.17) is 21.1 Å². The number of aliphatic hydroxyl groups is 1. The summed E-state index contributed by atoms with van der Waals surface area (Å²) < 4.78 is 11.9. The zero-order valence-electron chi connectivity index (χ0n) is 17.7. The Morgan fingerprint density at radius 3 is 2.88 bits per heavy atom. The molecular formula is C23H28ClN3O4S. The fourth-order valence-corrected chi connectivity index (χ4v) is 4.83. The minimum Gasteiger partial charge on any atom is -0.489 e. The van der Waals surface area contributed by atoms with Crippen LogP contribution in [0.4, 0.5) is 5.69 Å². The molecule has 2 saturated heterocycles. The first kappa shape index (κ1) is 23.2. The molecule has 4 rings (SSSR count). The van der Waals surface area contributed by atoms with Gasteiger partial charge in [0.1, 0.15) is 35.7 Å². The first-order chi connectivity index (χ1) is 15.6. The van der Waals surface area contributed by atoms with E-state index in [0.29, 0.717) is 23.0 Å². The lowest BCUT2D eigenvalue weighted by Gasteiger charge is -2.21. The number of hydrogen-bond donors (Lipinski definition) is 3. The molecular weight excluding hydrogens is 450 g/mol. The average molecular weight is 478 g/mol. The Balaban J connectivity index is 1.22. The number of β-amino-alcohol motifs (C(OH)–C–C–N with tert-alkyl or cyclic N) is 1. The number of halogens is 1. The summed E-state index contributed by atoms with van der Waals surface area (Å²) in [6, 6.07) is 14.7. The van der Waals surface area contributed by atoms with Gasteiger partial charge in [0.2, 0.25) is 0 Å². The number of carbonyl (C=O) groups is 1. The topological polar surface area (TPSA) is 83.1 Å². The van der Waals surface area contributed by atoms with E-state index in [1.165, 1.54) is 0 Å². The van der Waals surface area contributed by atoms with E-state index in [0.717, 1.165) is 37.6 Å². The van der Waals surface area contributed by atoms with Gasteiger partial charge in [-0.15, -0.1) is 11.8 Å². The lowest BCUT2D eigenvalue weighted by atomic mass is 10.3. The number of hydrogen-bond acceptors (Lipinski definition) is 7. The van der Waals surface area contributed by atoms with Crippen LogP contribution in [0, 0.1) is 0 Å². The van der Waals surface area contributed by atoms with E-state index in [9.17, 15) is 9.90 Å². The molecule has 3 N–H and O–H groups in total. The number of amides is 1. The molecule has 0 aromatic heterocycles. The van der Waals surface area contributed by atoms with Crippen LogP contribution in [0.25, 0.3) is 0 Å². The van der Waals surface area contributed by atoms with Crippen molar-refractivity contribution in [3.63, 3.8) is 0 Å². The molecule has 0 spiro atoms. The molecule has 3 atom stereocenters. The predicted molar refractivity (Wildman–Crippen MR) is 128 cm³/mol. The molecule has 0 radical (unpaired) electrons. The number of anilines is 1. The van der Waals surface area contributed by atoms with E-state index in [-0.39, 0.29) is 24.0 Å². The van der Waals surface area contributed by atoms with Crippen LogP contribution >= 0.6 is 23.4 Å². The number of nitrogens with one attached hydrogen (secondary N) is 2. The lowest BCUT2D eigenvalue weighted by Crippen LogP contribution is -2.35. The fraction of sp³-hybridized carbons (Fsp3) is 0.435. The highest BCUT2D eigenvalue weighted by atomic mass is 35.5. The molecule has 0 saturated carbocycles. The highest BCUT2D eigenvalue weighted by molar-refractivity contribution is 8.00. The molecule has 2 fully saturated rings. The number of aliphatic hydroxyl groups excluding tert-OH is 1. The van der Waals surface area contributed by atoms with Gasteiger partial charge in [-0.05, 0) is 42.8 Å². The molecule has 0 bridgehead atoms. The van der Waals surface area contributed by atoms with E-state index >= 15 is 0 Å². The Morgan fingerprint density at radius 2 is 2.09 bits per heavy atom. The van der Waals surface area contributed by atoms with Crippen LogP contribution in [-0.4, -0.2) is 72.0 Å². The van der Waals surface area contributed by atoms with Crippen molar-refractivity contribution in [1.82, 2.24) is 10.2 Å². The molecule has 172 valence electrons. The Kier molecular flexibility index (Phi) is 8.15. The number of benzene rings is 2. The largest absolute Gasteiger partial charge is 0.489 e. The van der Waals surface area contributed by atoms with Crippen LogP contribution in [0.2, 0.25) is 5.02 Å². The monoisotopic (exact) mass is 477 g/mol. The van der Waals surface area contributed by atoms with Gasteiger partial charge in [0.05, 0.1) is 5.69 Å². The third kappa shape index (κ3) is 6.52. The summed E-state index contributed by atoms with van der Waals surface area (Å²) in [5, 5.41) is 17.0. The maximum absolute atomic E-state index is 12.4. The predicted octanol–water partition coefficient (Wildman–Crippen LogP) is 2.83. The molecule has 2 aliphatic heterocycles. The van der Waals surface area contributed by atoms with E-state index in [1.807, 2.05) is 36.4 Å². The quantitative estimate of drug-likeness (QED) is 0.512. The van der Waals surface area contributed by atoms with Gasteiger partial charge in [-0.2, -0.15) is 0 Å². The first-order valence-electron chi connectivity index (χ1n) is 10.8. The van der Waals surface area contributed by atoms with Crippen LogP contribution < -0.4 is 20.1 Å². The van der Waals surface area contributed by atoms with Gasteiger partial charge in [0.15, 0.2) is 0 Å². The highest BCUT2D eigenvalue weighted by Crippen LogP contribution is 2.26. The van der Waals surface area contributed by atoms with Crippen LogP contribution in [0.3, 0.4) is 0 Å². The molecule has 2 aromatic carbocycles. The summed E-state index contributed by atoms with van der Waals surface area (Å²) >= 11 is 7.51. The summed E-state index contributed by atoms with van der Waals surface area (Å²) in [6.45, 7) is 3.07. The summed E-state index contributed by atoms with van der Waals surface area (Å²) in [5.41, 5.74) is 0.608. The minimum atomic E-state index is -0.653. The Labute approximate surface area is 197 Å². The van der Waals surface area contributed by atoms with Crippen LogP contribution in [0.15, 0.2) is 48.5 Å². The zero-order chi connectivity index (χ0) is 22.3. The van der Waals surface area contributed by atoms with Crippen LogP contribution in [0.1, 0.15) is 6.42 Å². The average Bonchev–Trinajstić information content (AvgIpc) is 3.47. The molecule has 2 heterocycles. The van der Waals surface area contributed by atoms with Crippen LogP contribution in [0.5, 0.6) is 11.5 Å². The van der Waals surface area contributed by atoms with E-state index in [2.05, 4.69) is 15.5 Å². The number of thioether (sulfide) groups is 1. The molecule has 3 unspecified atom stereocenters. The van der Waals surface area contributed by atoms with E-state index < -0.39 is 6.10 Å². The van der Waals surface area contributed by atoms with Crippen molar-refractivity contribution in [1.29, 1.82) is 0 Å². The second kappa shape index (κ2) is 11.2. The SMILES string of the molecule is O=C(Nc1ccccc1OCC(O)CN1CCC(Oc2ccc(Cl)cc2)C1)C1NCCS1. The maximum Gasteiger partial charge on any atom is 0.251 e. The summed E-state index contributed by atoms with van der Waals surface area (Å²) in [7, 11) is 0. The first-order valence-corrected chi connectivity index (χ1v) is 12.2. The number of ether oxygens (including phenoxy) is 2. The molecule has 32 heavy (non-hydrogen) atoms. The Bertz CT molecular complexity index is 895. The van der Waals surface area contributed by atoms with Crippen molar-refractivity contribution in [3.05, 3.63) is 53.6 Å². The summed E-state index contributed by atoms with van der Waals surface area (Å²) in [6.07, 6.45) is 0.334. The Morgan fingerprint density at radius 1 is 1.28 bits per heavy atom. The van der Waals surface area contributed by atoms with Crippen molar-refractivity contribution in [3.8, 4) is 11.5 Å². The Hall–Kier alpha value is -1.97. The van der Waals surface area contributed by atoms with Crippen molar-refractivity contribution in [2.24, 2.45) is 0 Å². The van der Waals surface area contributed by atoms with Crippen molar-refractivity contribution < 1.29 is 19.4 Å². The van der Waals surface area contributed by atoms with Crippen molar-refractivity contribution in [2.75, 3.05) is 43.9 Å². The van der Waals surface area contributed by atoms with Gasteiger partial charge in [0, 0.05) is 37.0 Å². The second-order valence-electron chi connectivity index (χ2n) is 7.90. The normalized spacial score (nSPS) is 21.9. The lowest BCUT2D eigenvalue weighted by molar-refractivity contribution is -0.116. The molecule has 9 heteroatoms. The highest BCUT2D eigenvalue weighted by Gasteiger charge is 2.26. The zero-order valence-corrected chi connectivity index (χ0v) is 19.3.